The van der Waals surface area contributed by atoms with Crippen LogP contribution in [0.15, 0.2) is 12.1 Å². The zero-order valence-electron chi connectivity index (χ0n) is 13.2. The van der Waals surface area contributed by atoms with Crippen molar-refractivity contribution in [3.8, 4) is 0 Å². The monoisotopic (exact) mass is 294 g/mol. The molecular weight excluding hydrogens is 264 g/mol. The van der Waals surface area contributed by atoms with Gasteiger partial charge in [0.2, 0.25) is 0 Å². The predicted molar refractivity (Wildman–Crippen MR) is 89.2 cm³/mol. The van der Waals surface area contributed by atoms with E-state index < -0.39 is 0 Å². The third kappa shape index (κ3) is 5.19. The zero-order chi connectivity index (χ0) is 14.2. The molecule has 2 rings (SSSR count). The van der Waals surface area contributed by atoms with Gasteiger partial charge in [0.1, 0.15) is 0 Å². The molecule has 1 saturated heterocycles. The van der Waals surface area contributed by atoms with Crippen molar-refractivity contribution in [2.45, 2.75) is 59.0 Å². The van der Waals surface area contributed by atoms with Crippen molar-refractivity contribution < 1.29 is 0 Å². The van der Waals surface area contributed by atoms with Crippen LogP contribution in [0, 0.1) is 5.92 Å². The first-order valence-electron chi connectivity index (χ1n) is 8.32. The van der Waals surface area contributed by atoms with Crippen LogP contribution in [0.1, 0.15) is 55.7 Å². The molecule has 1 atom stereocenters. The molecule has 114 valence electrons. The standard InChI is InChI=1S/C17H30N2S/c1-3-10-18-13-16-7-8-17(20-16)14-19-11-5-6-15(4-2)9-12-19/h7-8,15,18H,3-6,9-14H2,1-2H3. The van der Waals surface area contributed by atoms with E-state index in [2.05, 4.69) is 36.2 Å². The number of thiophene rings is 1. The summed E-state index contributed by atoms with van der Waals surface area (Å²) in [5, 5.41) is 3.49. The molecule has 0 amide bonds. The van der Waals surface area contributed by atoms with Crippen LogP contribution in [-0.2, 0) is 13.1 Å². The summed E-state index contributed by atoms with van der Waals surface area (Å²) < 4.78 is 0. The van der Waals surface area contributed by atoms with Gasteiger partial charge in [-0.15, -0.1) is 11.3 Å². The van der Waals surface area contributed by atoms with Crippen molar-refractivity contribution in [1.82, 2.24) is 10.2 Å². The molecule has 1 aliphatic heterocycles. The predicted octanol–water partition coefficient (Wildman–Crippen LogP) is 4.26. The van der Waals surface area contributed by atoms with Crippen LogP contribution in [0.25, 0.3) is 0 Å². The first-order chi connectivity index (χ1) is 9.81. The van der Waals surface area contributed by atoms with Crippen LogP contribution in [0.5, 0.6) is 0 Å². The Hall–Kier alpha value is -0.380. The van der Waals surface area contributed by atoms with Gasteiger partial charge in [0.05, 0.1) is 0 Å². The Labute approximate surface area is 128 Å². The summed E-state index contributed by atoms with van der Waals surface area (Å²) >= 11 is 1.99. The second-order valence-electron chi connectivity index (χ2n) is 6.03. The topological polar surface area (TPSA) is 15.3 Å². The van der Waals surface area contributed by atoms with Gasteiger partial charge < -0.3 is 5.32 Å². The van der Waals surface area contributed by atoms with Gasteiger partial charge in [-0.05, 0) is 63.4 Å². The maximum Gasteiger partial charge on any atom is 0.0328 e. The van der Waals surface area contributed by atoms with Gasteiger partial charge in [-0.1, -0.05) is 20.3 Å². The van der Waals surface area contributed by atoms with Gasteiger partial charge in [-0.3, -0.25) is 4.90 Å². The van der Waals surface area contributed by atoms with E-state index in [1.165, 1.54) is 54.9 Å². The van der Waals surface area contributed by atoms with Crippen molar-refractivity contribution >= 4 is 11.3 Å². The lowest BCUT2D eigenvalue weighted by molar-refractivity contribution is 0.274. The highest BCUT2D eigenvalue weighted by Gasteiger charge is 2.16. The zero-order valence-corrected chi connectivity index (χ0v) is 14.0. The van der Waals surface area contributed by atoms with Crippen molar-refractivity contribution in [3.63, 3.8) is 0 Å². The van der Waals surface area contributed by atoms with E-state index in [-0.39, 0.29) is 0 Å². The fraction of sp³-hybridized carbons (Fsp3) is 0.765. The molecule has 2 heterocycles. The maximum atomic E-state index is 3.49. The number of likely N-dealkylation sites (tertiary alicyclic amines) is 1. The molecule has 1 aliphatic rings. The van der Waals surface area contributed by atoms with E-state index in [1.54, 1.807) is 0 Å². The summed E-state index contributed by atoms with van der Waals surface area (Å²) in [6.07, 6.45) is 6.79. The lowest BCUT2D eigenvalue weighted by Crippen LogP contribution is -2.23. The number of hydrogen-bond donors (Lipinski definition) is 1. The normalized spacial score (nSPS) is 21.0. The molecule has 1 aromatic rings. The first kappa shape index (κ1) is 16.0. The minimum Gasteiger partial charge on any atom is -0.312 e. The van der Waals surface area contributed by atoms with Gasteiger partial charge in [0.25, 0.3) is 0 Å². The Morgan fingerprint density at radius 2 is 2.05 bits per heavy atom. The molecule has 1 unspecified atom stereocenters. The second-order valence-corrected chi connectivity index (χ2v) is 7.28. The molecule has 3 heteroatoms. The highest BCUT2D eigenvalue weighted by molar-refractivity contribution is 7.11. The van der Waals surface area contributed by atoms with Crippen LogP contribution in [0.3, 0.4) is 0 Å². The largest absolute Gasteiger partial charge is 0.312 e. The van der Waals surface area contributed by atoms with E-state index in [0.717, 1.165) is 25.6 Å². The fourth-order valence-electron chi connectivity index (χ4n) is 3.00. The molecule has 1 aromatic heterocycles. The van der Waals surface area contributed by atoms with Gasteiger partial charge in [-0.25, -0.2) is 0 Å². The highest BCUT2D eigenvalue weighted by Crippen LogP contribution is 2.23. The summed E-state index contributed by atoms with van der Waals surface area (Å²) in [5.74, 6) is 0.970. The first-order valence-corrected chi connectivity index (χ1v) is 9.14. The minimum atomic E-state index is 0.970. The van der Waals surface area contributed by atoms with Crippen LogP contribution >= 0.6 is 11.3 Å². The smallest absolute Gasteiger partial charge is 0.0328 e. The average Bonchev–Trinajstić information content (AvgIpc) is 2.77. The van der Waals surface area contributed by atoms with E-state index in [9.17, 15) is 0 Å². The van der Waals surface area contributed by atoms with Crippen LogP contribution < -0.4 is 5.32 Å². The number of rotatable bonds is 7. The summed E-state index contributed by atoms with van der Waals surface area (Å²) in [5.41, 5.74) is 0. The third-order valence-electron chi connectivity index (χ3n) is 4.34. The average molecular weight is 295 g/mol. The van der Waals surface area contributed by atoms with Crippen molar-refractivity contribution in [3.05, 3.63) is 21.9 Å². The van der Waals surface area contributed by atoms with Gasteiger partial charge in [0.15, 0.2) is 0 Å². The Bertz CT molecular complexity index is 375. The summed E-state index contributed by atoms with van der Waals surface area (Å²) in [6, 6.07) is 4.63. The lowest BCUT2D eigenvalue weighted by atomic mass is 9.98. The minimum absolute atomic E-state index is 0.970. The summed E-state index contributed by atoms with van der Waals surface area (Å²) in [7, 11) is 0. The highest BCUT2D eigenvalue weighted by atomic mass is 32.1. The molecule has 1 fully saturated rings. The van der Waals surface area contributed by atoms with E-state index in [4.69, 9.17) is 0 Å². The molecule has 0 aromatic carbocycles. The molecule has 20 heavy (non-hydrogen) atoms. The molecule has 0 radical (unpaired) electrons. The van der Waals surface area contributed by atoms with E-state index in [0.29, 0.717) is 0 Å². The van der Waals surface area contributed by atoms with Gasteiger partial charge in [-0.2, -0.15) is 0 Å². The fourth-order valence-corrected chi connectivity index (χ4v) is 4.03. The quantitative estimate of drug-likeness (QED) is 0.756. The molecule has 0 saturated carbocycles. The van der Waals surface area contributed by atoms with E-state index >= 15 is 0 Å². The molecule has 0 aliphatic carbocycles. The Balaban J connectivity index is 1.78. The van der Waals surface area contributed by atoms with Crippen molar-refractivity contribution in [1.29, 1.82) is 0 Å². The molecular formula is C17H30N2S. The second kappa shape index (κ2) is 8.81. The van der Waals surface area contributed by atoms with Crippen molar-refractivity contribution in [2.24, 2.45) is 5.92 Å². The van der Waals surface area contributed by atoms with Crippen LogP contribution in [0.4, 0.5) is 0 Å². The van der Waals surface area contributed by atoms with Gasteiger partial charge in [0, 0.05) is 22.8 Å². The van der Waals surface area contributed by atoms with Crippen LogP contribution in [-0.4, -0.2) is 24.5 Å². The Morgan fingerprint density at radius 3 is 2.85 bits per heavy atom. The maximum absolute atomic E-state index is 3.49. The number of hydrogen-bond acceptors (Lipinski definition) is 3. The van der Waals surface area contributed by atoms with Crippen LogP contribution in [0.2, 0.25) is 0 Å². The lowest BCUT2D eigenvalue weighted by Gasteiger charge is -2.19. The van der Waals surface area contributed by atoms with E-state index in [1.807, 2.05) is 11.3 Å². The molecule has 0 spiro atoms. The summed E-state index contributed by atoms with van der Waals surface area (Å²) in [6.45, 7) is 10.5. The molecule has 2 nitrogen and oxygen atoms in total. The molecule has 1 N–H and O–H groups in total. The number of nitrogens with one attached hydrogen (secondary N) is 1. The number of nitrogens with zero attached hydrogens (tertiary/aromatic N) is 1. The van der Waals surface area contributed by atoms with Crippen molar-refractivity contribution in [2.75, 3.05) is 19.6 Å². The molecule has 0 bridgehead atoms. The third-order valence-corrected chi connectivity index (χ3v) is 5.41. The SMILES string of the molecule is CCCNCc1ccc(CN2CCCC(CC)CC2)s1. The Kier molecular flexibility index (Phi) is 7.05. The Morgan fingerprint density at radius 1 is 1.20 bits per heavy atom. The summed E-state index contributed by atoms with van der Waals surface area (Å²) in [4.78, 5) is 5.67. The van der Waals surface area contributed by atoms with Gasteiger partial charge >= 0.3 is 0 Å².